The zero-order valence-corrected chi connectivity index (χ0v) is 23.1. The molecule has 0 saturated carbocycles. The van der Waals surface area contributed by atoms with Crippen molar-refractivity contribution in [2.45, 2.75) is 51.0 Å². The summed E-state index contributed by atoms with van der Waals surface area (Å²) >= 11 is 0. The van der Waals surface area contributed by atoms with Gasteiger partial charge in [-0.3, -0.25) is 30.2 Å². The molecule has 1 saturated heterocycles. The second-order valence-corrected chi connectivity index (χ2v) is 11.4. The Bertz CT molecular complexity index is 1440. The first-order valence-electron chi connectivity index (χ1n) is 12.8. The molecule has 1 unspecified atom stereocenters. The number of aliphatic carboxylic acids is 1. The van der Waals surface area contributed by atoms with E-state index in [0.29, 0.717) is 28.6 Å². The predicted octanol–water partition coefficient (Wildman–Crippen LogP) is 0.579. The van der Waals surface area contributed by atoms with Crippen molar-refractivity contribution in [3.63, 3.8) is 0 Å². The van der Waals surface area contributed by atoms with Gasteiger partial charge in [0.15, 0.2) is 0 Å². The van der Waals surface area contributed by atoms with Crippen LogP contribution >= 0.6 is 0 Å². The first-order chi connectivity index (χ1) is 18.6. The zero-order chi connectivity index (χ0) is 28.2. The third kappa shape index (κ3) is 6.81. The molecule has 2 aromatic carbocycles. The van der Waals surface area contributed by atoms with Gasteiger partial charge in [-0.25, -0.2) is 8.42 Å². The van der Waals surface area contributed by atoms with E-state index in [0.717, 1.165) is 37.1 Å². The molecule has 6 N–H and O–H groups in total. The number of nitrogens with zero attached hydrogens (tertiary/aromatic N) is 2. The van der Waals surface area contributed by atoms with E-state index in [-0.39, 0.29) is 11.2 Å². The van der Waals surface area contributed by atoms with Crippen molar-refractivity contribution < 1.29 is 23.1 Å². The SMILES string of the molecule is Cc1cc(C)c(S(=O)(=O)NC(CNC(=O)c2cccc3c2cnn3CCCNC2NCCN2)C(=O)O)c(C)c1. The van der Waals surface area contributed by atoms with Gasteiger partial charge in [0.05, 0.1) is 22.2 Å². The van der Waals surface area contributed by atoms with Gasteiger partial charge in [0.1, 0.15) is 12.3 Å². The number of carboxylic acid groups (broad SMARTS) is 1. The summed E-state index contributed by atoms with van der Waals surface area (Å²) in [6, 6.07) is 7.12. The highest BCUT2D eigenvalue weighted by Crippen LogP contribution is 2.22. The summed E-state index contributed by atoms with van der Waals surface area (Å²) in [6.07, 6.45) is 2.55. The van der Waals surface area contributed by atoms with Gasteiger partial charge in [0, 0.05) is 31.6 Å². The number of carboxylic acids is 1. The predicted molar refractivity (Wildman–Crippen MR) is 147 cm³/mol. The highest BCUT2D eigenvalue weighted by Gasteiger charge is 2.28. The van der Waals surface area contributed by atoms with E-state index in [1.54, 1.807) is 44.3 Å². The Hall–Kier alpha value is -3.36. The summed E-state index contributed by atoms with van der Waals surface area (Å²) < 4.78 is 30.2. The zero-order valence-electron chi connectivity index (χ0n) is 22.2. The molecule has 1 atom stereocenters. The van der Waals surface area contributed by atoms with E-state index >= 15 is 0 Å². The normalized spacial score (nSPS) is 15.1. The minimum atomic E-state index is -4.15. The molecule has 2 heterocycles. The van der Waals surface area contributed by atoms with Crippen molar-refractivity contribution in [1.82, 2.24) is 35.8 Å². The van der Waals surface area contributed by atoms with Gasteiger partial charge in [0.2, 0.25) is 10.0 Å². The van der Waals surface area contributed by atoms with Crippen LogP contribution in [0.1, 0.15) is 33.5 Å². The molecule has 210 valence electrons. The number of amides is 1. The topological polar surface area (TPSA) is 166 Å². The van der Waals surface area contributed by atoms with Crippen LogP contribution in [0.2, 0.25) is 0 Å². The maximum absolute atomic E-state index is 13.1. The van der Waals surface area contributed by atoms with Crippen molar-refractivity contribution in [1.29, 1.82) is 0 Å². The number of sulfonamides is 1. The Labute approximate surface area is 227 Å². The van der Waals surface area contributed by atoms with Gasteiger partial charge in [-0.05, 0) is 57.0 Å². The minimum Gasteiger partial charge on any atom is -0.480 e. The third-order valence-corrected chi connectivity index (χ3v) is 8.36. The number of aryl methyl sites for hydroxylation is 4. The van der Waals surface area contributed by atoms with Crippen molar-refractivity contribution in [3.05, 3.63) is 58.8 Å². The van der Waals surface area contributed by atoms with Gasteiger partial charge >= 0.3 is 5.97 Å². The lowest BCUT2D eigenvalue weighted by molar-refractivity contribution is -0.138. The maximum Gasteiger partial charge on any atom is 0.323 e. The lowest BCUT2D eigenvalue weighted by atomic mass is 10.1. The van der Waals surface area contributed by atoms with E-state index in [9.17, 15) is 23.1 Å². The van der Waals surface area contributed by atoms with Gasteiger partial charge in [-0.1, -0.05) is 23.8 Å². The molecular formula is C26H35N7O5S. The molecule has 4 rings (SSSR count). The summed E-state index contributed by atoms with van der Waals surface area (Å²) in [5.74, 6) is -1.92. The van der Waals surface area contributed by atoms with Crippen LogP contribution in [0.15, 0.2) is 41.4 Å². The third-order valence-electron chi connectivity index (χ3n) is 6.58. The number of nitrogens with one attached hydrogen (secondary N) is 5. The maximum atomic E-state index is 13.1. The Morgan fingerprint density at radius 2 is 1.85 bits per heavy atom. The van der Waals surface area contributed by atoms with Gasteiger partial charge in [-0.2, -0.15) is 9.82 Å². The van der Waals surface area contributed by atoms with E-state index in [1.165, 1.54) is 0 Å². The number of carbonyl (C=O) groups is 2. The fraction of sp³-hybridized carbons (Fsp3) is 0.423. The van der Waals surface area contributed by atoms with Crippen molar-refractivity contribution in [3.8, 4) is 0 Å². The van der Waals surface area contributed by atoms with E-state index in [1.807, 2.05) is 17.7 Å². The first kappa shape index (κ1) is 28.6. The number of benzene rings is 2. The van der Waals surface area contributed by atoms with Crippen molar-refractivity contribution in [2.75, 3.05) is 26.2 Å². The smallest absolute Gasteiger partial charge is 0.323 e. The molecule has 1 amide bonds. The molecular weight excluding hydrogens is 522 g/mol. The number of hydrogen-bond acceptors (Lipinski definition) is 8. The number of fused-ring (bicyclic) bond motifs is 1. The number of carbonyl (C=O) groups excluding carboxylic acids is 1. The van der Waals surface area contributed by atoms with Gasteiger partial charge in [-0.15, -0.1) is 0 Å². The second-order valence-electron chi connectivity index (χ2n) is 9.71. The monoisotopic (exact) mass is 557 g/mol. The summed E-state index contributed by atoms with van der Waals surface area (Å²) in [5, 5.41) is 27.3. The van der Waals surface area contributed by atoms with Crippen LogP contribution in [0.4, 0.5) is 0 Å². The van der Waals surface area contributed by atoms with Crippen LogP contribution in [-0.2, 0) is 21.4 Å². The standard InChI is InChI=1S/C26H35N7O5S/c1-16-12-17(2)23(18(3)13-16)39(37,38)32-21(25(35)36)15-30-24(34)19-6-4-7-22-20(19)14-31-33(22)11-5-8-27-26-28-9-10-29-26/h4,6-7,12-14,21,26-29,32H,5,8-11,15H2,1-3H3,(H,30,34)(H,35,36). The molecule has 0 aliphatic carbocycles. The molecule has 0 radical (unpaired) electrons. The van der Waals surface area contributed by atoms with Crippen molar-refractivity contribution >= 4 is 32.8 Å². The molecule has 1 fully saturated rings. The molecule has 1 aromatic heterocycles. The number of rotatable bonds is 12. The first-order valence-corrected chi connectivity index (χ1v) is 14.3. The highest BCUT2D eigenvalue weighted by atomic mass is 32.2. The average molecular weight is 558 g/mol. The number of aromatic nitrogens is 2. The lowest BCUT2D eigenvalue weighted by Crippen LogP contribution is -2.48. The molecule has 0 spiro atoms. The molecule has 12 nitrogen and oxygen atoms in total. The van der Waals surface area contributed by atoms with Crippen LogP contribution in [0.3, 0.4) is 0 Å². The second kappa shape index (κ2) is 12.2. The summed E-state index contributed by atoms with van der Waals surface area (Å²) in [5.41, 5.74) is 3.03. The summed E-state index contributed by atoms with van der Waals surface area (Å²) in [4.78, 5) is 25.0. The van der Waals surface area contributed by atoms with Crippen molar-refractivity contribution in [2.24, 2.45) is 0 Å². The molecule has 1 aliphatic rings. The van der Waals surface area contributed by atoms with E-state index in [4.69, 9.17) is 0 Å². The minimum absolute atomic E-state index is 0.0360. The molecule has 13 heteroatoms. The molecule has 0 bridgehead atoms. The fourth-order valence-electron chi connectivity index (χ4n) is 4.91. The molecule has 1 aliphatic heterocycles. The summed E-state index contributed by atoms with van der Waals surface area (Å²) in [6.45, 7) is 8.02. The largest absolute Gasteiger partial charge is 0.480 e. The van der Waals surface area contributed by atoms with E-state index in [2.05, 4.69) is 31.1 Å². The molecule has 39 heavy (non-hydrogen) atoms. The van der Waals surface area contributed by atoms with Gasteiger partial charge < -0.3 is 10.4 Å². The van der Waals surface area contributed by atoms with E-state index < -0.39 is 34.5 Å². The number of hydrogen-bond donors (Lipinski definition) is 6. The summed E-state index contributed by atoms with van der Waals surface area (Å²) in [7, 11) is -4.15. The van der Waals surface area contributed by atoms with Crippen LogP contribution in [-0.4, -0.2) is 73.7 Å². The Balaban J connectivity index is 1.41. The highest BCUT2D eigenvalue weighted by molar-refractivity contribution is 7.89. The Morgan fingerprint density at radius 1 is 1.15 bits per heavy atom. The van der Waals surface area contributed by atoms with Crippen LogP contribution in [0, 0.1) is 20.8 Å². The van der Waals surface area contributed by atoms with Crippen LogP contribution < -0.4 is 26.0 Å². The lowest BCUT2D eigenvalue weighted by Gasteiger charge is -2.18. The quantitative estimate of drug-likeness (QED) is 0.175. The Kier molecular flexibility index (Phi) is 8.97. The fourth-order valence-corrected chi connectivity index (χ4v) is 6.55. The molecule has 3 aromatic rings. The average Bonchev–Trinajstić information content (AvgIpc) is 3.53. The van der Waals surface area contributed by atoms with Crippen LogP contribution in [0.25, 0.3) is 10.9 Å². The Morgan fingerprint density at radius 3 is 2.51 bits per heavy atom. The van der Waals surface area contributed by atoms with Gasteiger partial charge in [0.25, 0.3) is 5.91 Å². The van der Waals surface area contributed by atoms with Crippen LogP contribution in [0.5, 0.6) is 0 Å².